The van der Waals surface area contributed by atoms with Crippen LogP contribution in [0.15, 0.2) is 59.3 Å². The number of para-hydroxylation sites is 1. The van der Waals surface area contributed by atoms with Gasteiger partial charge < -0.3 is 20.6 Å². The van der Waals surface area contributed by atoms with Crippen molar-refractivity contribution in [3.05, 3.63) is 77.0 Å². The first-order valence-corrected chi connectivity index (χ1v) is 11.7. The van der Waals surface area contributed by atoms with Crippen molar-refractivity contribution in [1.29, 1.82) is 0 Å². The minimum Gasteiger partial charge on any atom is -0.398 e. The minimum atomic E-state index is -0.460. The van der Waals surface area contributed by atoms with Crippen molar-refractivity contribution >= 4 is 34.4 Å². The van der Waals surface area contributed by atoms with E-state index in [-0.39, 0.29) is 17.9 Å². The summed E-state index contributed by atoms with van der Waals surface area (Å²) < 4.78 is 5.10. The molecule has 10 heteroatoms. The van der Waals surface area contributed by atoms with Gasteiger partial charge in [0.05, 0.1) is 0 Å². The van der Waals surface area contributed by atoms with Crippen molar-refractivity contribution < 1.29 is 9.32 Å². The van der Waals surface area contributed by atoms with Crippen molar-refractivity contribution in [2.24, 2.45) is 0 Å². The van der Waals surface area contributed by atoms with Crippen molar-refractivity contribution in [1.82, 2.24) is 30.4 Å². The number of benzene rings is 2. The molecule has 0 aliphatic heterocycles. The molecule has 0 bridgehead atoms. The molecular weight excluding hydrogens is 478 g/mol. The van der Waals surface area contributed by atoms with E-state index in [0.717, 1.165) is 22.3 Å². The van der Waals surface area contributed by atoms with E-state index in [1.165, 1.54) is 0 Å². The predicted octanol–water partition coefficient (Wildman–Crippen LogP) is 5.14. The number of nitrogens with two attached hydrogens (primary N) is 1. The van der Waals surface area contributed by atoms with E-state index in [1.807, 2.05) is 69.3 Å². The highest BCUT2D eigenvalue weighted by Crippen LogP contribution is 2.32. The maximum atomic E-state index is 12.5. The van der Waals surface area contributed by atoms with Crippen molar-refractivity contribution in [3.63, 3.8) is 0 Å². The van der Waals surface area contributed by atoms with Crippen LogP contribution in [0.4, 0.5) is 5.69 Å². The third-order valence-corrected chi connectivity index (χ3v) is 6.05. The van der Waals surface area contributed by atoms with E-state index in [1.54, 1.807) is 6.20 Å². The molecule has 5 aromatic rings. The van der Waals surface area contributed by atoms with Crippen molar-refractivity contribution in [3.8, 4) is 22.5 Å². The number of fused-ring (bicyclic) bond motifs is 1. The minimum absolute atomic E-state index is 0.0831. The Kier molecular flexibility index (Phi) is 5.93. The van der Waals surface area contributed by atoms with Crippen LogP contribution in [0, 0.1) is 0 Å². The van der Waals surface area contributed by atoms with E-state index in [0.29, 0.717) is 33.5 Å². The Morgan fingerprint density at radius 1 is 1.11 bits per heavy atom. The molecule has 0 aliphatic rings. The number of aromatic amines is 1. The number of nitrogens with one attached hydrogen (secondary N) is 2. The second-order valence-corrected chi connectivity index (χ2v) is 9.80. The molecule has 182 valence electrons. The maximum Gasteiger partial charge on any atom is 0.315 e. The first kappa shape index (κ1) is 23.5. The molecule has 3 aromatic heterocycles. The smallest absolute Gasteiger partial charge is 0.315 e. The van der Waals surface area contributed by atoms with Crippen LogP contribution in [0.1, 0.15) is 42.8 Å². The van der Waals surface area contributed by atoms with Gasteiger partial charge >= 0.3 is 11.8 Å². The number of pyridine rings is 1. The van der Waals surface area contributed by atoms with Gasteiger partial charge in [0.25, 0.3) is 0 Å². The standard InChI is InChI=1S/C26H24ClN7O2/c1-26(2,3)25-33-24(36-34-25)23(35)30-13-15-9-8-14(12-18(15)27)16-10-11-29-22-20(16)31-21(32-22)17-6-4-5-7-19(17)28/h4-12H,13,28H2,1-3H3,(H,30,35)(H,29,31,32). The lowest BCUT2D eigenvalue weighted by molar-refractivity contribution is 0.0907. The number of amides is 1. The molecule has 0 aliphatic carbocycles. The zero-order valence-electron chi connectivity index (χ0n) is 20.0. The van der Waals surface area contributed by atoms with E-state index in [4.69, 9.17) is 26.8 Å². The predicted molar refractivity (Wildman–Crippen MR) is 138 cm³/mol. The fourth-order valence-corrected chi connectivity index (χ4v) is 3.96. The normalized spacial score (nSPS) is 11.7. The second kappa shape index (κ2) is 9.09. The summed E-state index contributed by atoms with van der Waals surface area (Å²) in [5.41, 5.74) is 11.1. The summed E-state index contributed by atoms with van der Waals surface area (Å²) in [4.78, 5) is 29.1. The number of nitrogen functional groups attached to an aromatic ring is 1. The fraction of sp³-hybridized carbons (Fsp3) is 0.192. The number of carbonyl (C=O) groups is 1. The molecule has 0 spiro atoms. The van der Waals surface area contributed by atoms with Gasteiger partial charge in [0.1, 0.15) is 11.3 Å². The molecule has 1 amide bonds. The number of rotatable bonds is 5. The topological polar surface area (TPSA) is 136 Å². The molecule has 0 saturated heterocycles. The van der Waals surface area contributed by atoms with E-state index < -0.39 is 5.91 Å². The van der Waals surface area contributed by atoms with Crippen molar-refractivity contribution in [2.45, 2.75) is 32.7 Å². The molecule has 3 heterocycles. The molecule has 0 fully saturated rings. The van der Waals surface area contributed by atoms with Gasteiger partial charge in [0.2, 0.25) is 0 Å². The summed E-state index contributed by atoms with van der Waals surface area (Å²) in [6.45, 7) is 6.03. The second-order valence-electron chi connectivity index (χ2n) is 9.39. The quantitative estimate of drug-likeness (QED) is 0.284. The molecule has 5 rings (SSSR count). The molecule has 4 N–H and O–H groups in total. The number of H-pyrrole nitrogens is 1. The highest BCUT2D eigenvalue weighted by atomic mass is 35.5. The highest BCUT2D eigenvalue weighted by Gasteiger charge is 2.24. The number of imidazole rings is 1. The average Bonchev–Trinajstić information content (AvgIpc) is 3.51. The Morgan fingerprint density at radius 3 is 2.64 bits per heavy atom. The van der Waals surface area contributed by atoms with Crippen LogP contribution in [0.5, 0.6) is 0 Å². The van der Waals surface area contributed by atoms with Gasteiger partial charge in [0, 0.05) is 40.0 Å². The Labute approximate surface area is 212 Å². The van der Waals surface area contributed by atoms with Gasteiger partial charge in [-0.25, -0.2) is 9.97 Å². The van der Waals surface area contributed by atoms with Crippen LogP contribution in [0.25, 0.3) is 33.7 Å². The molecular formula is C26H24ClN7O2. The van der Waals surface area contributed by atoms with Gasteiger partial charge in [-0.2, -0.15) is 4.98 Å². The van der Waals surface area contributed by atoms with Crippen molar-refractivity contribution in [2.75, 3.05) is 5.73 Å². The Bertz CT molecular complexity index is 1580. The lowest BCUT2D eigenvalue weighted by Gasteiger charge is -2.10. The number of halogens is 1. The molecule has 0 saturated carbocycles. The molecule has 36 heavy (non-hydrogen) atoms. The van der Waals surface area contributed by atoms with Crippen LogP contribution in [-0.2, 0) is 12.0 Å². The van der Waals surface area contributed by atoms with E-state index in [2.05, 4.69) is 25.4 Å². The summed E-state index contributed by atoms with van der Waals surface area (Å²) >= 11 is 6.58. The molecule has 9 nitrogen and oxygen atoms in total. The third kappa shape index (κ3) is 4.52. The zero-order valence-corrected chi connectivity index (χ0v) is 20.7. The molecule has 0 atom stereocenters. The summed E-state index contributed by atoms with van der Waals surface area (Å²) in [5.74, 6) is 0.567. The fourth-order valence-electron chi connectivity index (χ4n) is 3.71. The van der Waals surface area contributed by atoms with E-state index in [9.17, 15) is 4.79 Å². The number of hydrogen-bond acceptors (Lipinski definition) is 7. The Morgan fingerprint density at radius 2 is 1.92 bits per heavy atom. The monoisotopic (exact) mass is 501 g/mol. The number of anilines is 1. The zero-order chi connectivity index (χ0) is 25.4. The third-order valence-electron chi connectivity index (χ3n) is 5.70. The van der Waals surface area contributed by atoms with Gasteiger partial charge in [-0.3, -0.25) is 4.79 Å². The maximum absolute atomic E-state index is 12.5. The number of carbonyl (C=O) groups excluding carboxylic acids is 1. The number of nitrogens with zero attached hydrogens (tertiary/aromatic N) is 4. The van der Waals surface area contributed by atoms with Gasteiger partial charge in [0.15, 0.2) is 11.5 Å². The average molecular weight is 502 g/mol. The summed E-state index contributed by atoms with van der Waals surface area (Å²) in [5, 5.41) is 7.16. The summed E-state index contributed by atoms with van der Waals surface area (Å²) in [6.07, 6.45) is 1.71. The largest absolute Gasteiger partial charge is 0.398 e. The first-order valence-electron chi connectivity index (χ1n) is 11.3. The van der Waals surface area contributed by atoms with E-state index >= 15 is 0 Å². The van der Waals surface area contributed by atoms with Crippen LogP contribution >= 0.6 is 11.6 Å². The number of hydrogen-bond donors (Lipinski definition) is 3. The lowest BCUT2D eigenvalue weighted by atomic mass is 9.96. The first-order chi connectivity index (χ1) is 17.2. The molecule has 0 unspecified atom stereocenters. The van der Waals surface area contributed by atoms with Gasteiger partial charge in [-0.05, 0) is 35.4 Å². The SMILES string of the molecule is CC(C)(C)c1noc(C(=O)NCc2ccc(-c3ccnc4[nH]c(-c5ccccc5N)nc34)cc2Cl)n1. The highest BCUT2D eigenvalue weighted by molar-refractivity contribution is 6.31. The lowest BCUT2D eigenvalue weighted by Crippen LogP contribution is -2.23. The summed E-state index contributed by atoms with van der Waals surface area (Å²) in [6, 6.07) is 15.0. The van der Waals surface area contributed by atoms with Crippen LogP contribution in [-0.4, -0.2) is 31.0 Å². The van der Waals surface area contributed by atoms with Gasteiger partial charge in [-0.15, -0.1) is 0 Å². The Hall–Kier alpha value is -4.24. The van der Waals surface area contributed by atoms with Crippen LogP contribution in [0.3, 0.4) is 0 Å². The molecule has 2 aromatic carbocycles. The molecule has 0 radical (unpaired) electrons. The van der Waals surface area contributed by atoms with Crippen LogP contribution in [0.2, 0.25) is 5.02 Å². The Balaban J connectivity index is 1.37. The van der Waals surface area contributed by atoms with Crippen LogP contribution < -0.4 is 11.1 Å². The van der Waals surface area contributed by atoms with Gasteiger partial charge in [-0.1, -0.05) is 61.8 Å². The number of aromatic nitrogens is 5. The summed E-state index contributed by atoms with van der Waals surface area (Å²) in [7, 11) is 0.